The third kappa shape index (κ3) is 1.84. The van der Waals surface area contributed by atoms with Gasteiger partial charge in [-0.15, -0.1) is 11.3 Å². The number of nitrogens with zero attached hydrogens (tertiary/aromatic N) is 1. The van der Waals surface area contributed by atoms with Crippen molar-refractivity contribution in [2.45, 2.75) is 25.3 Å². The SMILES string of the molecule is C[C@@]1(c2nc3cc(Br)sc3c(=O)[nH]2)CCCN1. The number of aromatic nitrogens is 2. The molecule has 0 aliphatic carbocycles. The quantitative estimate of drug-likeness (QED) is 0.849. The smallest absolute Gasteiger partial charge is 0.268 e. The Morgan fingerprint density at radius 1 is 1.59 bits per heavy atom. The zero-order chi connectivity index (χ0) is 12.0. The van der Waals surface area contributed by atoms with Crippen LogP contribution in [0.15, 0.2) is 14.6 Å². The first-order valence-electron chi connectivity index (χ1n) is 5.53. The van der Waals surface area contributed by atoms with Gasteiger partial charge < -0.3 is 10.3 Å². The number of fused-ring (bicyclic) bond motifs is 1. The zero-order valence-corrected chi connectivity index (χ0v) is 11.7. The van der Waals surface area contributed by atoms with E-state index in [1.165, 1.54) is 11.3 Å². The van der Waals surface area contributed by atoms with Crippen molar-refractivity contribution >= 4 is 37.5 Å². The van der Waals surface area contributed by atoms with Crippen molar-refractivity contribution in [1.29, 1.82) is 0 Å². The van der Waals surface area contributed by atoms with Crippen LogP contribution in [0.5, 0.6) is 0 Å². The van der Waals surface area contributed by atoms with Crippen LogP contribution in [0.2, 0.25) is 0 Å². The van der Waals surface area contributed by atoms with Crippen LogP contribution >= 0.6 is 27.3 Å². The predicted octanol–water partition coefficient (Wildman–Crippen LogP) is 2.35. The van der Waals surface area contributed by atoms with Gasteiger partial charge in [-0.25, -0.2) is 4.98 Å². The molecule has 6 heteroatoms. The molecule has 3 heterocycles. The lowest BCUT2D eigenvalue weighted by atomic mass is 9.99. The van der Waals surface area contributed by atoms with Gasteiger partial charge in [-0.05, 0) is 48.3 Å². The van der Waals surface area contributed by atoms with Gasteiger partial charge in [0.25, 0.3) is 5.56 Å². The Labute approximate surface area is 111 Å². The number of nitrogens with one attached hydrogen (secondary N) is 2. The van der Waals surface area contributed by atoms with Crippen molar-refractivity contribution in [3.05, 3.63) is 26.0 Å². The van der Waals surface area contributed by atoms with E-state index in [1.54, 1.807) is 0 Å². The molecule has 2 aromatic heterocycles. The van der Waals surface area contributed by atoms with E-state index in [-0.39, 0.29) is 11.1 Å². The summed E-state index contributed by atoms with van der Waals surface area (Å²) in [5.41, 5.74) is 0.535. The maximum absolute atomic E-state index is 12.0. The number of aromatic amines is 1. The van der Waals surface area contributed by atoms with Crippen molar-refractivity contribution < 1.29 is 0 Å². The molecule has 1 saturated heterocycles. The molecule has 0 aromatic carbocycles. The first-order chi connectivity index (χ1) is 8.08. The van der Waals surface area contributed by atoms with E-state index in [1.807, 2.05) is 6.07 Å². The molecule has 4 nitrogen and oxygen atoms in total. The van der Waals surface area contributed by atoms with E-state index < -0.39 is 0 Å². The largest absolute Gasteiger partial charge is 0.308 e. The van der Waals surface area contributed by atoms with Crippen LogP contribution in [-0.4, -0.2) is 16.5 Å². The van der Waals surface area contributed by atoms with Gasteiger partial charge >= 0.3 is 0 Å². The van der Waals surface area contributed by atoms with Gasteiger partial charge in [-0.2, -0.15) is 0 Å². The van der Waals surface area contributed by atoms with Crippen LogP contribution in [0.1, 0.15) is 25.6 Å². The second kappa shape index (κ2) is 3.90. The van der Waals surface area contributed by atoms with Gasteiger partial charge in [-0.3, -0.25) is 4.79 Å². The summed E-state index contributed by atoms with van der Waals surface area (Å²) in [6.07, 6.45) is 2.12. The molecule has 0 unspecified atom stereocenters. The van der Waals surface area contributed by atoms with Crippen LogP contribution in [0.4, 0.5) is 0 Å². The highest BCUT2D eigenvalue weighted by atomic mass is 79.9. The van der Waals surface area contributed by atoms with Crippen molar-refractivity contribution in [2.75, 3.05) is 6.54 Å². The lowest BCUT2D eigenvalue weighted by Crippen LogP contribution is -2.36. The second-order valence-corrected chi connectivity index (χ2v) is 6.97. The number of hydrogen-bond acceptors (Lipinski definition) is 4. The van der Waals surface area contributed by atoms with Crippen LogP contribution in [0.25, 0.3) is 10.2 Å². The molecule has 0 amide bonds. The van der Waals surface area contributed by atoms with Crippen molar-refractivity contribution in [1.82, 2.24) is 15.3 Å². The Bertz CT molecular complexity index is 627. The highest BCUT2D eigenvalue weighted by Crippen LogP contribution is 2.30. The first-order valence-corrected chi connectivity index (χ1v) is 7.14. The molecule has 1 aliphatic heterocycles. The minimum absolute atomic E-state index is 0.0457. The topological polar surface area (TPSA) is 57.8 Å². The standard InChI is InChI=1S/C11H12BrN3OS/c1-11(3-2-4-13-11)10-14-6-5-7(12)17-8(6)9(16)15-10/h5,13H,2-4H2,1H3,(H,14,15,16)/t11-/m0/s1. The number of rotatable bonds is 1. The third-order valence-electron chi connectivity index (χ3n) is 3.24. The van der Waals surface area contributed by atoms with Gasteiger partial charge in [-0.1, -0.05) is 0 Å². The van der Waals surface area contributed by atoms with E-state index in [0.29, 0.717) is 4.70 Å². The Morgan fingerprint density at radius 2 is 2.41 bits per heavy atom. The Balaban J connectivity index is 2.21. The minimum atomic E-state index is -0.193. The van der Waals surface area contributed by atoms with Crippen molar-refractivity contribution in [3.8, 4) is 0 Å². The molecule has 3 rings (SSSR count). The summed E-state index contributed by atoms with van der Waals surface area (Å²) in [6.45, 7) is 3.07. The van der Waals surface area contributed by atoms with E-state index in [4.69, 9.17) is 0 Å². The summed E-state index contributed by atoms with van der Waals surface area (Å²) in [6, 6.07) is 1.90. The normalized spacial score (nSPS) is 24.6. The second-order valence-electron chi connectivity index (χ2n) is 4.54. The fourth-order valence-electron chi connectivity index (χ4n) is 2.27. The van der Waals surface area contributed by atoms with Crippen LogP contribution in [0, 0.1) is 0 Å². The average molecular weight is 314 g/mol. The van der Waals surface area contributed by atoms with E-state index in [0.717, 1.165) is 34.5 Å². The number of H-pyrrole nitrogens is 1. The first kappa shape index (κ1) is 11.4. The van der Waals surface area contributed by atoms with Crippen LogP contribution < -0.4 is 10.9 Å². The number of hydrogen-bond donors (Lipinski definition) is 2. The van der Waals surface area contributed by atoms with Gasteiger partial charge in [0.1, 0.15) is 10.5 Å². The maximum atomic E-state index is 12.0. The molecule has 17 heavy (non-hydrogen) atoms. The summed E-state index contributed by atoms with van der Waals surface area (Å²) in [4.78, 5) is 19.5. The van der Waals surface area contributed by atoms with Gasteiger partial charge in [0.2, 0.25) is 0 Å². The predicted molar refractivity (Wildman–Crippen MR) is 72.5 cm³/mol. The van der Waals surface area contributed by atoms with Gasteiger partial charge in [0.05, 0.1) is 14.8 Å². The molecule has 0 radical (unpaired) electrons. The molecule has 2 aromatic rings. The van der Waals surface area contributed by atoms with Crippen LogP contribution in [-0.2, 0) is 5.54 Å². The molecule has 2 N–H and O–H groups in total. The molecule has 0 bridgehead atoms. The fourth-order valence-corrected chi connectivity index (χ4v) is 3.69. The molecule has 0 spiro atoms. The van der Waals surface area contributed by atoms with Gasteiger partial charge in [0.15, 0.2) is 0 Å². The third-order valence-corrected chi connectivity index (χ3v) is 4.87. The molecule has 1 aliphatic rings. The number of thiophene rings is 1. The zero-order valence-electron chi connectivity index (χ0n) is 9.34. The van der Waals surface area contributed by atoms with Crippen LogP contribution in [0.3, 0.4) is 0 Å². The molecule has 1 atom stereocenters. The highest BCUT2D eigenvalue weighted by molar-refractivity contribution is 9.11. The maximum Gasteiger partial charge on any atom is 0.268 e. The Kier molecular flexibility index (Phi) is 2.61. The fraction of sp³-hybridized carbons (Fsp3) is 0.455. The monoisotopic (exact) mass is 313 g/mol. The summed E-state index contributed by atoms with van der Waals surface area (Å²) in [5, 5.41) is 3.41. The van der Waals surface area contributed by atoms with Gasteiger partial charge in [0, 0.05) is 0 Å². The number of halogens is 1. The Morgan fingerprint density at radius 3 is 3.12 bits per heavy atom. The minimum Gasteiger partial charge on any atom is -0.308 e. The highest BCUT2D eigenvalue weighted by Gasteiger charge is 2.32. The summed E-state index contributed by atoms with van der Waals surface area (Å²) in [7, 11) is 0. The van der Waals surface area contributed by atoms with Crippen molar-refractivity contribution in [3.63, 3.8) is 0 Å². The molecule has 0 saturated carbocycles. The lowest BCUT2D eigenvalue weighted by molar-refractivity contribution is 0.407. The average Bonchev–Trinajstić information content (AvgIpc) is 2.85. The van der Waals surface area contributed by atoms with E-state index in [9.17, 15) is 4.79 Å². The molecule has 1 fully saturated rings. The lowest BCUT2D eigenvalue weighted by Gasteiger charge is -2.22. The van der Waals surface area contributed by atoms with Crippen molar-refractivity contribution in [2.24, 2.45) is 0 Å². The molecular formula is C11H12BrN3OS. The molecule has 90 valence electrons. The van der Waals surface area contributed by atoms with E-state index >= 15 is 0 Å². The molecular weight excluding hydrogens is 302 g/mol. The Hall–Kier alpha value is -0.720. The summed E-state index contributed by atoms with van der Waals surface area (Å²) >= 11 is 4.81. The van der Waals surface area contributed by atoms with E-state index in [2.05, 4.69) is 38.1 Å². The summed E-state index contributed by atoms with van der Waals surface area (Å²) < 4.78 is 1.62. The summed E-state index contributed by atoms with van der Waals surface area (Å²) in [5.74, 6) is 0.748.